The van der Waals surface area contributed by atoms with Gasteiger partial charge in [0.2, 0.25) is 5.91 Å². The maximum Gasteiger partial charge on any atom is 0.244 e. The highest BCUT2D eigenvalue weighted by Gasteiger charge is 2.27. The number of aromatic nitrogens is 2. The highest BCUT2D eigenvalue weighted by molar-refractivity contribution is 5.96. The van der Waals surface area contributed by atoms with Gasteiger partial charge in [-0.15, -0.1) is 0 Å². The van der Waals surface area contributed by atoms with Gasteiger partial charge in [0.25, 0.3) is 0 Å². The fraction of sp³-hybridized carbons (Fsp3) is 0.500. The van der Waals surface area contributed by atoms with Crippen LogP contribution >= 0.6 is 0 Å². The van der Waals surface area contributed by atoms with Gasteiger partial charge in [-0.25, -0.2) is 0 Å². The van der Waals surface area contributed by atoms with E-state index in [9.17, 15) is 4.79 Å². The first-order valence-electron chi connectivity index (χ1n) is 4.74. The monoisotopic (exact) mass is 206 g/mol. The van der Waals surface area contributed by atoms with E-state index >= 15 is 0 Å². The van der Waals surface area contributed by atoms with E-state index < -0.39 is 5.41 Å². The summed E-state index contributed by atoms with van der Waals surface area (Å²) in [6.45, 7) is 5.86. The molecule has 5 nitrogen and oxygen atoms in total. The predicted octanol–water partition coefficient (Wildman–Crippen LogP) is 1.39. The molecule has 0 aliphatic carbocycles. The van der Waals surface area contributed by atoms with Gasteiger partial charge < -0.3 is 5.32 Å². The molecule has 0 aromatic carbocycles. The zero-order valence-electron chi connectivity index (χ0n) is 9.11. The summed E-state index contributed by atoms with van der Waals surface area (Å²) in [6.07, 6.45) is 3.29. The first-order valence-corrected chi connectivity index (χ1v) is 4.74. The SMILES string of the molecule is CCn1cc(NC(=O)C(C)(C)C#N)cn1. The molecule has 1 heterocycles. The number of aryl methyl sites for hydroxylation is 1. The molecule has 15 heavy (non-hydrogen) atoms. The Kier molecular flexibility index (Phi) is 3.10. The molecule has 0 spiro atoms. The Morgan fingerprint density at radius 1 is 1.73 bits per heavy atom. The van der Waals surface area contributed by atoms with Crippen LogP contribution in [0.4, 0.5) is 5.69 Å². The van der Waals surface area contributed by atoms with E-state index in [1.807, 2.05) is 13.0 Å². The first kappa shape index (κ1) is 11.2. The van der Waals surface area contributed by atoms with Crippen molar-refractivity contribution in [2.45, 2.75) is 27.3 Å². The third-order valence-corrected chi connectivity index (χ3v) is 2.06. The number of carbonyl (C=O) groups excluding carboxylic acids is 1. The molecule has 0 bridgehead atoms. The topological polar surface area (TPSA) is 70.7 Å². The molecule has 1 amide bonds. The number of hydrogen-bond donors (Lipinski definition) is 1. The minimum absolute atomic E-state index is 0.319. The van der Waals surface area contributed by atoms with Crippen LogP contribution in [0.2, 0.25) is 0 Å². The van der Waals surface area contributed by atoms with Crippen LogP contribution in [0, 0.1) is 16.7 Å². The minimum atomic E-state index is -1.02. The van der Waals surface area contributed by atoms with Crippen LogP contribution in [0.25, 0.3) is 0 Å². The van der Waals surface area contributed by atoms with Crippen LogP contribution in [0.1, 0.15) is 20.8 Å². The van der Waals surface area contributed by atoms with Gasteiger partial charge in [-0.2, -0.15) is 10.4 Å². The molecule has 5 heteroatoms. The second kappa shape index (κ2) is 4.13. The number of carbonyl (C=O) groups is 1. The average Bonchev–Trinajstić information content (AvgIpc) is 2.65. The molecule has 0 aliphatic rings. The van der Waals surface area contributed by atoms with Crippen LogP contribution < -0.4 is 5.32 Å². The summed E-state index contributed by atoms with van der Waals surface area (Å²) in [5, 5.41) is 15.4. The lowest BCUT2D eigenvalue weighted by Gasteiger charge is -2.13. The molecular formula is C10H14N4O. The molecule has 0 saturated heterocycles. The fourth-order valence-electron chi connectivity index (χ4n) is 0.939. The van der Waals surface area contributed by atoms with E-state index in [1.165, 1.54) is 0 Å². The van der Waals surface area contributed by atoms with Crippen LogP contribution in [-0.2, 0) is 11.3 Å². The van der Waals surface area contributed by atoms with E-state index in [2.05, 4.69) is 10.4 Å². The van der Waals surface area contributed by atoms with Gasteiger partial charge in [0.05, 0.1) is 18.0 Å². The van der Waals surface area contributed by atoms with E-state index in [1.54, 1.807) is 30.9 Å². The third kappa shape index (κ3) is 2.56. The largest absolute Gasteiger partial charge is 0.322 e. The third-order valence-electron chi connectivity index (χ3n) is 2.06. The lowest BCUT2D eigenvalue weighted by molar-refractivity contribution is -0.121. The highest BCUT2D eigenvalue weighted by Crippen LogP contribution is 2.16. The molecule has 0 fully saturated rings. The van der Waals surface area contributed by atoms with Gasteiger partial charge in [-0.05, 0) is 20.8 Å². The molecule has 0 saturated carbocycles. The van der Waals surface area contributed by atoms with Crippen molar-refractivity contribution in [1.82, 2.24) is 9.78 Å². The van der Waals surface area contributed by atoms with E-state index in [0.717, 1.165) is 6.54 Å². The van der Waals surface area contributed by atoms with Gasteiger partial charge in [0.1, 0.15) is 5.41 Å². The van der Waals surface area contributed by atoms with Crippen LogP contribution in [0.3, 0.4) is 0 Å². The van der Waals surface area contributed by atoms with E-state index in [0.29, 0.717) is 5.69 Å². The maximum atomic E-state index is 11.6. The standard InChI is InChI=1S/C10H14N4O/c1-4-14-6-8(5-12-14)13-9(15)10(2,3)7-11/h5-6H,4H2,1-3H3,(H,13,15). The zero-order chi connectivity index (χ0) is 11.5. The molecule has 0 radical (unpaired) electrons. The Morgan fingerprint density at radius 2 is 2.40 bits per heavy atom. The summed E-state index contributed by atoms with van der Waals surface area (Å²) in [4.78, 5) is 11.6. The smallest absolute Gasteiger partial charge is 0.244 e. The van der Waals surface area contributed by atoms with Crippen LogP contribution in [0.15, 0.2) is 12.4 Å². The van der Waals surface area contributed by atoms with Crippen LogP contribution in [0.5, 0.6) is 0 Å². The predicted molar refractivity (Wildman–Crippen MR) is 55.9 cm³/mol. The number of nitrogens with one attached hydrogen (secondary N) is 1. The summed E-state index contributed by atoms with van der Waals surface area (Å²) in [5.41, 5.74) is -0.404. The summed E-state index contributed by atoms with van der Waals surface area (Å²) in [5.74, 6) is -0.319. The second-order valence-corrected chi connectivity index (χ2v) is 3.78. The highest BCUT2D eigenvalue weighted by atomic mass is 16.2. The molecule has 1 N–H and O–H groups in total. The molecule has 80 valence electrons. The van der Waals surface area contributed by atoms with E-state index in [4.69, 9.17) is 5.26 Å². The molecule has 1 rings (SSSR count). The minimum Gasteiger partial charge on any atom is -0.322 e. The van der Waals surface area contributed by atoms with Gasteiger partial charge in [-0.3, -0.25) is 9.48 Å². The summed E-state index contributed by atoms with van der Waals surface area (Å²) in [7, 11) is 0. The van der Waals surface area contributed by atoms with Crippen molar-refractivity contribution in [3.05, 3.63) is 12.4 Å². The Morgan fingerprint density at radius 3 is 2.87 bits per heavy atom. The lowest BCUT2D eigenvalue weighted by atomic mass is 9.95. The number of amides is 1. The molecule has 1 aromatic rings. The number of nitriles is 1. The summed E-state index contributed by atoms with van der Waals surface area (Å²) in [6, 6.07) is 1.94. The zero-order valence-corrected chi connectivity index (χ0v) is 9.11. The van der Waals surface area contributed by atoms with Gasteiger partial charge >= 0.3 is 0 Å². The Balaban J connectivity index is 2.71. The molecule has 0 aliphatic heterocycles. The maximum absolute atomic E-state index is 11.6. The average molecular weight is 206 g/mol. The number of nitrogens with zero attached hydrogens (tertiary/aromatic N) is 3. The Bertz CT molecular complexity index is 400. The second-order valence-electron chi connectivity index (χ2n) is 3.78. The van der Waals surface area contributed by atoms with Gasteiger partial charge in [0.15, 0.2) is 0 Å². The molecule has 0 atom stereocenters. The van der Waals surface area contributed by atoms with Crippen molar-refractivity contribution >= 4 is 11.6 Å². The number of hydrogen-bond acceptors (Lipinski definition) is 3. The normalized spacial score (nSPS) is 10.8. The number of rotatable bonds is 3. The van der Waals surface area contributed by atoms with Crippen molar-refractivity contribution in [2.24, 2.45) is 5.41 Å². The summed E-state index contributed by atoms with van der Waals surface area (Å²) >= 11 is 0. The van der Waals surface area contributed by atoms with Gasteiger partial charge in [0, 0.05) is 12.7 Å². The Labute approximate surface area is 88.7 Å². The Hall–Kier alpha value is -1.83. The lowest BCUT2D eigenvalue weighted by Crippen LogP contribution is -2.28. The molecule has 0 unspecified atom stereocenters. The van der Waals surface area contributed by atoms with Crippen molar-refractivity contribution < 1.29 is 4.79 Å². The number of anilines is 1. The quantitative estimate of drug-likeness (QED) is 0.812. The molecule has 1 aromatic heterocycles. The van der Waals surface area contributed by atoms with Crippen LogP contribution in [-0.4, -0.2) is 15.7 Å². The molecular weight excluding hydrogens is 192 g/mol. The first-order chi connectivity index (χ1) is 6.99. The van der Waals surface area contributed by atoms with E-state index in [-0.39, 0.29) is 5.91 Å². The summed E-state index contributed by atoms with van der Waals surface area (Å²) < 4.78 is 1.70. The van der Waals surface area contributed by atoms with Crippen molar-refractivity contribution in [1.29, 1.82) is 5.26 Å². The van der Waals surface area contributed by atoms with Crippen molar-refractivity contribution in [3.8, 4) is 6.07 Å². The van der Waals surface area contributed by atoms with Gasteiger partial charge in [-0.1, -0.05) is 0 Å². The van der Waals surface area contributed by atoms with Crippen molar-refractivity contribution in [3.63, 3.8) is 0 Å². The fourth-order valence-corrected chi connectivity index (χ4v) is 0.939. The van der Waals surface area contributed by atoms with Crippen molar-refractivity contribution in [2.75, 3.05) is 5.32 Å².